The van der Waals surface area contributed by atoms with Crippen molar-refractivity contribution in [3.63, 3.8) is 0 Å². The van der Waals surface area contributed by atoms with Crippen LogP contribution < -0.4 is 20.6 Å². The topological polar surface area (TPSA) is 119 Å². The van der Waals surface area contributed by atoms with Gasteiger partial charge in [-0.25, -0.2) is 13.1 Å². The molecular weight excluding hydrogens is 396 g/mol. The normalized spacial score (nSPS) is 11.4. The minimum Gasteiger partial charge on any atom is -0.494 e. The van der Waals surface area contributed by atoms with Crippen LogP contribution in [-0.4, -0.2) is 30.7 Å². The molecule has 2 aromatic carbocycles. The minimum absolute atomic E-state index is 0.0214. The van der Waals surface area contributed by atoms with Gasteiger partial charge >= 0.3 is 0 Å². The second-order valence-corrected chi connectivity index (χ2v) is 7.84. The number of rotatable bonds is 7. The predicted molar refractivity (Wildman–Crippen MR) is 107 cm³/mol. The summed E-state index contributed by atoms with van der Waals surface area (Å²) in [5, 5.41) is 5.10. The zero-order valence-corrected chi connectivity index (χ0v) is 16.7. The van der Waals surface area contributed by atoms with E-state index in [2.05, 4.69) is 15.4 Å². The second kappa shape index (κ2) is 8.41. The van der Waals surface area contributed by atoms with Crippen LogP contribution in [0.5, 0.6) is 5.75 Å². The van der Waals surface area contributed by atoms with Crippen LogP contribution in [0.25, 0.3) is 10.8 Å². The standard InChI is InChI=1S/C19H20N4O5S/c1-3-28-13-8-10-14(11-9-13)29(26,27)22-20-18(24)12-17-15-6-4-5-7-16(15)19(25)23(2)21-17/h4-11,22H,3,12H2,1-2H3,(H,20,24). The molecule has 0 bridgehead atoms. The molecule has 0 atom stereocenters. The number of benzene rings is 2. The molecule has 0 saturated heterocycles. The third kappa shape index (κ3) is 4.61. The maximum Gasteiger partial charge on any atom is 0.274 e. The van der Waals surface area contributed by atoms with E-state index in [0.717, 1.165) is 4.68 Å². The number of carbonyl (C=O) groups is 1. The average Bonchev–Trinajstić information content (AvgIpc) is 2.71. The first kappa shape index (κ1) is 20.5. The summed E-state index contributed by atoms with van der Waals surface area (Å²) in [4.78, 5) is 26.5. The Kier molecular flexibility index (Phi) is 5.95. The molecule has 29 heavy (non-hydrogen) atoms. The highest BCUT2D eigenvalue weighted by atomic mass is 32.2. The van der Waals surface area contributed by atoms with Crippen molar-refractivity contribution >= 4 is 26.7 Å². The number of amides is 1. The molecule has 1 heterocycles. The first-order valence-corrected chi connectivity index (χ1v) is 10.3. The summed E-state index contributed by atoms with van der Waals surface area (Å²) in [5.74, 6) is -0.0704. The molecule has 2 N–H and O–H groups in total. The highest BCUT2D eigenvalue weighted by Crippen LogP contribution is 2.16. The predicted octanol–water partition coefficient (Wildman–Crippen LogP) is 0.884. The van der Waals surface area contributed by atoms with Crippen LogP contribution in [0, 0.1) is 0 Å². The number of hydrazine groups is 1. The van der Waals surface area contributed by atoms with Crippen LogP contribution in [0.2, 0.25) is 0 Å². The summed E-state index contributed by atoms with van der Waals surface area (Å²) in [5.41, 5.74) is 2.26. The van der Waals surface area contributed by atoms with E-state index in [0.29, 0.717) is 28.8 Å². The Morgan fingerprint density at radius 2 is 1.76 bits per heavy atom. The fraction of sp³-hybridized carbons (Fsp3) is 0.211. The highest BCUT2D eigenvalue weighted by molar-refractivity contribution is 7.89. The molecule has 3 rings (SSSR count). The van der Waals surface area contributed by atoms with E-state index >= 15 is 0 Å². The maximum atomic E-state index is 12.3. The van der Waals surface area contributed by atoms with Gasteiger partial charge in [-0.3, -0.25) is 15.0 Å². The lowest BCUT2D eigenvalue weighted by Gasteiger charge is -2.11. The van der Waals surface area contributed by atoms with Gasteiger partial charge in [0.2, 0.25) is 5.91 Å². The zero-order valence-electron chi connectivity index (χ0n) is 15.9. The summed E-state index contributed by atoms with van der Waals surface area (Å²) in [6.07, 6.45) is -0.208. The van der Waals surface area contributed by atoms with Crippen LogP contribution in [0.1, 0.15) is 12.6 Å². The average molecular weight is 416 g/mol. The largest absolute Gasteiger partial charge is 0.494 e. The van der Waals surface area contributed by atoms with Gasteiger partial charge in [0.15, 0.2) is 0 Å². The lowest BCUT2D eigenvalue weighted by molar-refractivity contribution is -0.120. The van der Waals surface area contributed by atoms with Gasteiger partial charge in [-0.1, -0.05) is 18.2 Å². The summed E-state index contributed by atoms with van der Waals surface area (Å²) >= 11 is 0. The second-order valence-electron chi connectivity index (χ2n) is 6.16. The molecule has 0 spiro atoms. The molecule has 10 heteroatoms. The maximum absolute atomic E-state index is 12.3. The van der Waals surface area contributed by atoms with Crippen molar-refractivity contribution in [3.05, 3.63) is 64.6 Å². The fourth-order valence-corrected chi connectivity index (χ4v) is 3.63. The monoisotopic (exact) mass is 416 g/mol. The van der Waals surface area contributed by atoms with Crippen LogP contribution >= 0.6 is 0 Å². The van der Waals surface area contributed by atoms with Gasteiger partial charge in [0, 0.05) is 12.4 Å². The third-order valence-corrected chi connectivity index (χ3v) is 5.39. The van der Waals surface area contributed by atoms with E-state index in [9.17, 15) is 18.0 Å². The van der Waals surface area contributed by atoms with Crippen molar-refractivity contribution in [2.24, 2.45) is 7.05 Å². The van der Waals surface area contributed by atoms with Gasteiger partial charge in [0.25, 0.3) is 15.6 Å². The Bertz CT molecular complexity index is 1200. The van der Waals surface area contributed by atoms with Crippen LogP contribution in [-0.2, 0) is 28.3 Å². The third-order valence-electron chi connectivity index (χ3n) is 4.13. The Morgan fingerprint density at radius 3 is 2.41 bits per heavy atom. The number of sulfonamides is 1. The van der Waals surface area contributed by atoms with E-state index in [1.54, 1.807) is 24.3 Å². The lowest BCUT2D eigenvalue weighted by Crippen LogP contribution is -2.42. The van der Waals surface area contributed by atoms with Gasteiger partial charge in [-0.05, 0) is 37.3 Å². The molecule has 9 nitrogen and oxygen atoms in total. The Hall–Kier alpha value is -3.24. The Morgan fingerprint density at radius 1 is 1.10 bits per heavy atom. The van der Waals surface area contributed by atoms with Crippen LogP contribution in [0.3, 0.4) is 0 Å². The summed E-state index contributed by atoms with van der Waals surface area (Å²) in [6.45, 7) is 2.29. The molecule has 1 amide bonds. The Labute approximate surface area is 167 Å². The summed E-state index contributed by atoms with van der Waals surface area (Å²) in [7, 11) is -2.46. The van der Waals surface area contributed by atoms with Gasteiger partial charge in [0.1, 0.15) is 5.75 Å². The number of fused-ring (bicyclic) bond motifs is 1. The van der Waals surface area contributed by atoms with Gasteiger partial charge < -0.3 is 4.74 Å². The number of carbonyl (C=O) groups excluding carboxylic acids is 1. The fourth-order valence-electron chi connectivity index (χ4n) is 2.77. The SMILES string of the molecule is CCOc1ccc(S(=O)(=O)NNC(=O)Cc2nn(C)c(=O)c3ccccc23)cc1. The van der Waals surface area contributed by atoms with Crippen molar-refractivity contribution in [2.75, 3.05) is 6.61 Å². The van der Waals surface area contributed by atoms with Gasteiger partial charge in [0.05, 0.1) is 29.0 Å². The van der Waals surface area contributed by atoms with E-state index in [4.69, 9.17) is 4.74 Å². The number of ether oxygens (including phenoxy) is 1. The van der Waals surface area contributed by atoms with Crippen LogP contribution in [0.4, 0.5) is 0 Å². The molecule has 0 aliphatic heterocycles. The number of hydrogen-bond acceptors (Lipinski definition) is 6. The van der Waals surface area contributed by atoms with E-state index in [1.807, 2.05) is 6.92 Å². The molecule has 0 radical (unpaired) electrons. The minimum atomic E-state index is -3.95. The van der Waals surface area contributed by atoms with E-state index in [1.165, 1.54) is 31.3 Å². The lowest BCUT2D eigenvalue weighted by atomic mass is 10.1. The van der Waals surface area contributed by atoms with Gasteiger partial charge in [-0.2, -0.15) is 5.10 Å². The van der Waals surface area contributed by atoms with Crippen molar-refractivity contribution in [1.82, 2.24) is 20.0 Å². The van der Waals surface area contributed by atoms with Gasteiger partial charge in [-0.15, -0.1) is 4.83 Å². The molecule has 1 aromatic heterocycles. The number of hydrogen-bond donors (Lipinski definition) is 2. The number of aromatic nitrogens is 2. The van der Waals surface area contributed by atoms with Crippen molar-refractivity contribution in [1.29, 1.82) is 0 Å². The quantitative estimate of drug-likeness (QED) is 0.552. The van der Waals surface area contributed by atoms with E-state index in [-0.39, 0.29) is 16.9 Å². The number of nitrogens with zero attached hydrogens (tertiary/aromatic N) is 2. The zero-order chi connectivity index (χ0) is 21.0. The first-order chi connectivity index (χ1) is 13.8. The van der Waals surface area contributed by atoms with Crippen LogP contribution in [0.15, 0.2) is 58.2 Å². The summed E-state index contributed by atoms with van der Waals surface area (Å²) < 4.78 is 31.1. The molecule has 0 aliphatic carbocycles. The van der Waals surface area contributed by atoms with Crippen molar-refractivity contribution in [3.8, 4) is 5.75 Å². The smallest absolute Gasteiger partial charge is 0.274 e. The van der Waals surface area contributed by atoms with E-state index < -0.39 is 15.9 Å². The molecule has 0 unspecified atom stereocenters. The molecular formula is C19H20N4O5S. The van der Waals surface area contributed by atoms with Crippen molar-refractivity contribution < 1.29 is 17.9 Å². The Balaban J connectivity index is 1.72. The first-order valence-electron chi connectivity index (χ1n) is 8.80. The highest BCUT2D eigenvalue weighted by Gasteiger charge is 2.17. The number of aryl methyl sites for hydroxylation is 1. The molecule has 152 valence electrons. The summed E-state index contributed by atoms with van der Waals surface area (Å²) in [6, 6.07) is 12.6. The molecule has 0 aliphatic rings. The number of nitrogens with one attached hydrogen (secondary N) is 2. The molecule has 0 fully saturated rings. The van der Waals surface area contributed by atoms with Crippen molar-refractivity contribution in [2.45, 2.75) is 18.2 Å². The molecule has 3 aromatic rings. The molecule has 0 saturated carbocycles.